The highest BCUT2D eigenvalue weighted by atomic mass is 32.2. The molecule has 4 nitrogen and oxygen atoms in total. The Hall–Kier alpha value is -2.24. The molecule has 1 aliphatic rings. The van der Waals surface area contributed by atoms with Crippen LogP contribution < -0.4 is 5.73 Å². The summed E-state index contributed by atoms with van der Waals surface area (Å²) in [7, 11) is 0. The van der Waals surface area contributed by atoms with E-state index in [0.717, 1.165) is 17.3 Å². The van der Waals surface area contributed by atoms with E-state index in [1.54, 1.807) is 0 Å². The molecule has 0 unspecified atom stereocenters. The van der Waals surface area contributed by atoms with Crippen molar-refractivity contribution in [2.75, 3.05) is 0 Å². The molecular formula is C13H10N4S. The Labute approximate surface area is 109 Å². The van der Waals surface area contributed by atoms with Crippen molar-refractivity contribution < 1.29 is 0 Å². The van der Waals surface area contributed by atoms with E-state index in [9.17, 15) is 10.5 Å². The largest absolute Gasteiger partial charge is 0.392 e. The zero-order valence-electron chi connectivity index (χ0n) is 9.42. The van der Waals surface area contributed by atoms with Gasteiger partial charge in [0.25, 0.3) is 0 Å². The van der Waals surface area contributed by atoms with Crippen LogP contribution in [0.25, 0.3) is 0 Å². The van der Waals surface area contributed by atoms with E-state index < -0.39 is 11.8 Å². The molecule has 0 fully saturated rings. The highest BCUT2D eigenvalue weighted by molar-refractivity contribution is 8.17. The molecule has 0 bridgehead atoms. The molecule has 1 aromatic rings. The number of rotatable bonds is 1. The summed E-state index contributed by atoms with van der Waals surface area (Å²) < 4.78 is 0. The van der Waals surface area contributed by atoms with Crippen LogP contribution in [-0.2, 0) is 0 Å². The van der Waals surface area contributed by atoms with Gasteiger partial charge < -0.3 is 5.73 Å². The Bertz CT molecular complexity index is 592. The van der Waals surface area contributed by atoms with Crippen LogP contribution in [0.2, 0.25) is 0 Å². The first kappa shape index (κ1) is 12.2. The summed E-state index contributed by atoms with van der Waals surface area (Å²) in [6, 6.07) is 13.4. The summed E-state index contributed by atoms with van der Waals surface area (Å²) in [6.45, 7) is 0. The van der Waals surface area contributed by atoms with E-state index in [0.29, 0.717) is 10.6 Å². The maximum Gasteiger partial charge on any atom is 0.106 e. The van der Waals surface area contributed by atoms with Crippen LogP contribution in [0.1, 0.15) is 11.5 Å². The van der Waals surface area contributed by atoms with Crippen molar-refractivity contribution in [1.82, 2.24) is 0 Å². The van der Waals surface area contributed by atoms with E-state index in [2.05, 4.69) is 12.1 Å². The number of nitrogens with one attached hydrogen (secondary N) is 1. The fourth-order valence-corrected chi connectivity index (χ4v) is 2.82. The van der Waals surface area contributed by atoms with Gasteiger partial charge >= 0.3 is 0 Å². The van der Waals surface area contributed by atoms with E-state index >= 15 is 0 Å². The molecule has 0 saturated heterocycles. The fraction of sp³-hybridized carbons (Fsp3) is 0.154. The topological polar surface area (TPSA) is 97.4 Å². The summed E-state index contributed by atoms with van der Waals surface area (Å²) in [5, 5.41) is 26.8. The Balaban J connectivity index is 2.59. The summed E-state index contributed by atoms with van der Waals surface area (Å²) >= 11 is 1.00. The van der Waals surface area contributed by atoms with Crippen molar-refractivity contribution in [2.45, 2.75) is 5.92 Å². The van der Waals surface area contributed by atoms with Crippen LogP contribution in [0.5, 0.6) is 0 Å². The van der Waals surface area contributed by atoms with Gasteiger partial charge in [-0.25, -0.2) is 0 Å². The number of nitrogens with two attached hydrogens (primary N) is 1. The van der Waals surface area contributed by atoms with E-state index in [-0.39, 0.29) is 5.04 Å². The van der Waals surface area contributed by atoms with Gasteiger partial charge in [-0.15, -0.1) is 0 Å². The maximum absolute atomic E-state index is 9.22. The van der Waals surface area contributed by atoms with Crippen molar-refractivity contribution in [3.05, 3.63) is 46.5 Å². The van der Waals surface area contributed by atoms with Crippen molar-refractivity contribution in [3.63, 3.8) is 0 Å². The van der Waals surface area contributed by atoms with Gasteiger partial charge in [0.15, 0.2) is 0 Å². The predicted octanol–water partition coefficient (Wildman–Crippen LogP) is 2.33. The summed E-state index contributed by atoms with van der Waals surface area (Å²) in [4.78, 5) is 0. The van der Waals surface area contributed by atoms with Gasteiger partial charge in [0.05, 0.1) is 27.8 Å². The van der Waals surface area contributed by atoms with Crippen molar-refractivity contribution in [1.29, 1.82) is 15.9 Å². The first-order chi connectivity index (χ1) is 8.69. The molecule has 1 aromatic carbocycles. The van der Waals surface area contributed by atoms with Crippen LogP contribution in [0.4, 0.5) is 0 Å². The molecule has 18 heavy (non-hydrogen) atoms. The Morgan fingerprint density at radius 3 is 2.44 bits per heavy atom. The van der Waals surface area contributed by atoms with Gasteiger partial charge in [0, 0.05) is 5.92 Å². The minimum atomic E-state index is -0.639. The van der Waals surface area contributed by atoms with E-state index in [1.807, 2.05) is 30.3 Å². The van der Waals surface area contributed by atoms with Crippen molar-refractivity contribution in [2.24, 2.45) is 11.7 Å². The lowest BCUT2D eigenvalue weighted by Gasteiger charge is -2.27. The first-order valence-electron chi connectivity index (χ1n) is 5.29. The third-order valence-corrected chi connectivity index (χ3v) is 3.74. The number of hydrogen-bond acceptors (Lipinski definition) is 5. The van der Waals surface area contributed by atoms with Crippen LogP contribution in [0, 0.1) is 34.0 Å². The highest BCUT2D eigenvalue weighted by Crippen LogP contribution is 2.42. The molecule has 1 heterocycles. The smallest absolute Gasteiger partial charge is 0.106 e. The normalized spacial score (nSPS) is 23.3. The lowest BCUT2D eigenvalue weighted by atomic mass is 9.82. The molecule has 0 radical (unpaired) electrons. The summed E-state index contributed by atoms with van der Waals surface area (Å²) in [5.41, 5.74) is 7.02. The van der Waals surface area contributed by atoms with Crippen LogP contribution in [0.3, 0.4) is 0 Å². The summed E-state index contributed by atoms with van der Waals surface area (Å²) in [6.07, 6.45) is 0. The average molecular weight is 254 g/mol. The molecule has 1 aliphatic heterocycles. The van der Waals surface area contributed by atoms with Gasteiger partial charge in [-0.1, -0.05) is 42.1 Å². The van der Waals surface area contributed by atoms with Gasteiger partial charge in [-0.3, -0.25) is 5.41 Å². The number of nitriles is 2. The van der Waals surface area contributed by atoms with Gasteiger partial charge in [0.1, 0.15) is 5.92 Å². The highest BCUT2D eigenvalue weighted by Gasteiger charge is 2.36. The third-order valence-electron chi connectivity index (χ3n) is 2.83. The Morgan fingerprint density at radius 1 is 1.22 bits per heavy atom. The van der Waals surface area contributed by atoms with Gasteiger partial charge in [0.2, 0.25) is 0 Å². The van der Waals surface area contributed by atoms with Crippen LogP contribution in [0.15, 0.2) is 40.9 Å². The van der Waals surface area contributed by atoms with Crippen LogP contribution >= 0.6 is 11.8 Å². The molecule has 0 saturated carbocycles. The Morgan fingerprint density at radius 2 is 1.89 bits per heavy atom. The average Bonchev–Trinajstić information content (AvgIpc) is 2.39. The molecule has 0 aliphatic carbocycles. The number of thioether (sulfide) groups is 1. The molecule has 88 valence electrons. The molecule has 5 heteroatoms. The SMILES string of the molecule is N#CC1=C(N)SC(=N)[C@H](C#N)[C@@H]1c1ccccc1. The second-order valence-corrected chi connectivity index (χ2v) is 4.93. The van der Waals surface area contributed by atoms with E-state index in [4.69, 9.17) is 11.1 Å². The molecule has 0 amide bonds. The lowest BCUT2D eigenvalue weighted by molar-refractivity contribution is 0.729. The monoisotopic (exact) mass is 254 g/mol. The molecule has 0 spiro atoms. The summed E-state index contributed by atoms with van der Waals surface area (Å²) in [5.74, 6) is -1.07. The molecular weight excluding hydrogens is 244 g/mol. The third kappa shape index (κ3) is 1.97. The molecule has 2 atom stereocenters. The Kier molecular flexibility index (Phi) is 3.36. The zero-order chi connectivity index (χ0) is 13.1. The number of allylic oxidation sites excluding steroid dienone is 1. The molecule has 3 N–H and O–H groups in total. The minimum absolute atomic E-state index is 0.197. The van der Waals surface area contributed by atoms with Crippen LogP contribution in [-0.4, -0.2) is 5.04 Å². The number of hydrogen-bond donors (Lipinski definition) is 2. The minimum Gasteiger partial charge on any atom is -0.392 e. The molecule has 0 aromatic heterocycles. The van der Waals surface area contributed by atoms with Gasteiger partial charge in [-0.2, -0.15) is 10.5 Å². The van der Waals surface area contributed by atoms with Gasteiger partial charge in [-0.05, 0) is 5.56 Å². The second-order valence-electron chi connectivity index (χ2n) is 3.85. The molecule has 2 rings (SSSR count). The fourth-order valence-electron chi connectivity index (χ4n) is 1.99. The lowest BCUT2D eigenvalue weighted by Crippen LogP contribution is -2.26. The second kappa shape index (κ2) is 4.95. The number of benzene rings is 1. The zero-order valence-corrected chi connectivity index (χ0v) is 10.2. The maximum atomic E-state index is 9.22. The quantitative estimate of drug-likeness (QED) is 0.803. The number of nitrogens with zero attached hydrogens (tertiary/aromatic N) is 2. The first-order valence-corrected chi connectivity index (χ1v) is 6.11. The van der Waals surface area contributed by atoms with Crippen molar-refractivity contribution >= 4 is 16.8 Å². The van der Waals surface area contributed by atoms with Crippen molar-refractivity contribution in [3.8, 4) is 12.1 Å². The predicted molar refractivity (Wildman–Crippen MR) is 70.4 cm³/mol. The standard InChI is InChI=1S/C13H10N4S/c14-6-9-11(8-4-2-1-3-5-8)10(7-15)13(17)18-12(9)16/h1-5,9,11,16H,17H2/t9-,11+/m1/s1. The van der Waals surface area contributed by atoms with E-state index in [1.165, 1.54) is 0 Å².